The number of nitrogens with two attached hydrogens (primary N) is 1. The van der Waals surface area contributed by atoms with Gasteiger partial charge in [-0.3, -0.25) is 4.99 Å². The minimum atomic E-state index is 0.626. The monoisotopic (exact) mass is 366 g/mol. The van der Waals surface area contributed by atoms with Crippen LogP contribution in [-0.2, 0) is 4.74 Å². The lowest BCUT2D eigenvalue weighted by Gasteiger charge is -2.30. The highest BCUT2D eigenvalue weighted by molar-refractivity contribution is 6.12. The first-order chi connectivity index (χ1) is 13.1. The summed E-state index contributed by atoms with van der Waals surface area (Å²) in [4.78, 5) is 11.3. The van der Waals surface area contributed by atoms with Crippen LogP contribution in [0, 0.1) is 0 Å². The van der Waals surface area contributed by atoms with Crippen molar-refractivity contribution in [2.45, 2.75) is 6.92 Å². The van der Waals surface area contributed by atoms with E-state index in [9.17, 15) is 0 Å². The highest BCUT2D eigenvalue weighted by Gasteiger charge is 2.15. The molecular formula is C21H26N4O2. The molecule has 1 heterocycles. The summed E-state index contributed by atoms with van der Waals surface area (Å²) in [5.74, 6) is 1.37. The van der Waals surface area contributed by atoms with Crippen LogP contribution in [0.3, 0.4) is 0 Å². The second-order valence-electron chi connectivity index (χ2n) is 6.32. The SMILES string of the molecule is CN=C(N=C(C)c1ccc(N2CCOCC2)c(N)c1)c1ccccc1OC. The molecule has 6 heteroatoms. The third-order valence-corrected chi connectivity index (χ3v) is 4.63. The summed E-state index contributed by atoms with van der Waals surface area (Å²) in [6.07, 6.45) is 0. The molecule has 1 aliphatic heterocycles. The Balaban J connectivity index is 1.87. The quantitative estimate of drug-likeness (QED) is 0.513. The summed E-state index contributed by atoms with van der Waals surface area (Å²) >= 11 is 0. The van der Waals surface area contributed by atoms with E-state index in [0.717, 1.165) is 60.3 Å². The van der Waals surface area contributed by atoms with Crippen LogP contribution in [0.5, 0.6) is 5.75 Å². The van der Waals surface area contributed by atoms with Crippen molar-refractivity contribution >= 4 is 22.9 Å². The van der Waals surface area contributed by atoms with Crippen LogP contribution in [0.2, 0.25) is 0 Å². The number of anilines is 2. The molecule has 1 fully saturated rings. The van der Waals surface area contributed by atoms with Crippen molar-refractivity contribution in [3.05, 3.63) is 53.6 Å². The number of para-hydroxylation sites is 1. The first-order valence-corrected chi connectivity index (χ1v) is 9.02. The van der Waals surface area contributed by atoms with Gasteiger partial charge in [0.05, 0.1) is 37.3 Å². The van der Waals surface area contributed by atoms with Crippen molar-refractivity contribution in [1.29, 1.82) is 0 Å². The largest absolute Gasteiger partial charge is 0.496 e. The van der Waals surface area contributed by atoms with Gasteiger partial charge in [0.25, 0.3) is 0 Å². The predicted molar refractivity (Wildman–Crippen MR) is 112 cm³/mol. The Kier molecular flexibility index (Phi) is 6.08. The van der Waals surface area contributed by atoms with Gasteiger partial charge in [-0.05, 0) is 36.8 Å². The maximum atomic E-state index is 6.32. The molecule has 1 saturated heterocycles. The lowest BCUT2D eigenvalue weighted by Crippen LogP contribution is -2.36. The molecular weight excluding hydrogens is 340 g/mol. The first kappa shape index (κ1) is 18.9. The number of amidine groups is 1. The Morgan fingerprint density at radius 1 is 1.15 bits per heavy atom. The van der Waals surface area contributed by atoms with E-state index in [4.69, 9.17) is 20.2 Å². The standard InChI is InChI=1S/C21H26N4O2/c1-15(24-21(23-2)17-6-4-5-7-20(17)26-3)16-8-9-19(18(22)14-16)25-10-12-27-13-11-25/h4-9,14H,10-13,22H2,1-3H3. The molecule has 0 bridgehead atoms. The van der Waals surface area contributed by atoms with Crippen LogP contribution in [0.25, 0.3) is 0 Å². The number of hydrogen-bond acceptors (Lipinski definition) is 5. The Hall–Kier alpha value is -2.86. The third-order valence-electron chi connectivity index (χ3n) is 4.63. The highest BCUT2D eigenvalue weighted by atomic mass is 16.5. The summed E-state index contributed by atoms with van der Waals surface area (Å²) < 4.78 is 10.8. The number of benzene rings is 2. The zero-order chi connectivity index (χ0) is 19.2. The first-order valence-electron chi connectivity index (χ1n) is 9.02. The van der Waals surface area contributed by atoms with E-state index in [2.05, 4.69) is 22.0 Å². The third kappa shape index (κ3) is 4.28. The van der Waals surface area contributed by atoms with E-state index < -0.39 is 0 Å². The number of nitrogens with zero attached hydrogens (tertiary/aromatic N) is 3. The molecule has 6 nitrogen and oxygen atoms in total. The Morgan fingerprint density at radius 3 is 2.56 bits per heavy atom. The average Bonchev–Trinajstić information content (AvgIpc) is 2.72. The van der Waals surface area contributed by atoms with Crippen molar-refractivity contribution in [2.24, 2.45) is 9.98 Å². The smallest absolute Gasteiger partial charge is 0.158 e. The van der Waals surface area contributed by atoms with Crippen LogP contribution in [-0.4, -0.2) is 52.0 Å². The molecule has 2 aromatic rings. The summed E-state index contributed by atoms with van der Waals surface area (Å²) in [7, 11) is 3.38. The predicted octanol–water partition coefficient (Wildman–Crippen LogP) is 3.00. The van der Waals surface area contributed by atoms with Crippen LogP contribution in [0.4, 0.5) is 11.4 Å². The summed E-state index contributed by atoms with van der Waals surface area (Å²) in [6.45, 7) is 5.14. The van der Waals surface area contributed by atoms with Crippen molar-refractivity contribution < 1.29 is 9.47 Å². The van der Waals surface area contributed by atoms with Gasteiger partial charge >= 0.3 is 0 Å². The van der Waals surface area contributed by atoms with Crippen molar-refractivity contribution in [1.82, 2.24) is 0 Å². The van der Waals surface area contributed by atoms with Gasteiger partial charge in [-0.1, -0.05) is 18.2 Å². The molecule has 0 atom stereocenters. The van der Waals surface area contributed by atoms with E-state index >= 15 is 0 Å². The average molecular weight is 366 g/mol. The minimum Gasteiger partial charge on any atom is -0.496 e. The second-order valence-corrected chi connectivity index (χ2v) is 6.32. The molecule has 2 aromatic carbocycles. The van der Waals surface area contributed by atoms with Gasteiger partial charge in [0.1, 0.15) is 5.75 Å². The van der Waals surface area contributed by atoms with Gasteiger partial charge in [0, 0.05) is 25.8 Å². The molecule has 0 amide bonds. The summed E-state index contributed by atoms with van der Waals surface area (Å²) in [5.41, 5.74) is 10.8. The molecule has 0 spiro atoms. The number of hydrogen-bond donors (Lipinski definition) is 1. The number of rotatable bonds is 4. The topological polar surface area (TPSA) is 72.4 Å². The molecule has 0 radical (unpaired) electrons. The summed E-state index contributed by atoms with van der Waals surface area (Å²) in [6, 6.07) is 13.8. The van der Waals surface area contributed by atoms with Gasteiger partial charge in [0.2, 0.25) is 0 Å². The van der Waals surface area contributed by atoms with E-state index in [0.29, 0.717) is 5.84 Å². The highest BCUT2D eigenvalue weighted by Crippen LogP contribution is 2.26. The molecule has 0 saturated carbocycles. The molecule has 1 aliphatic rings. The van der Waals surface area contributed by atoms with Gasteiger partial charge in [-0.15, -0.1) is 0 Å². The van der Waals surface area contributed by atoms with Crippen molar-refractivity contribution in [3.8, 4) is 5.75 Å². The molecule has 27 heavy (non-hydrogen) atoms. The fraction of sp³-hybridized carbons (Fsp3) is 0.333. The van der Waals surface area contributed by atoms with E-state index in [1.54, 1.807) is 14.2 Å². The van der Waals surface area contributed by atoms with E-state index in [1.807, 2.05) is 37.3 Å². The van der Waals surface area contributed by atoms with Gasteiger partial charge < -0.3 is 20.1 Å². The van der Waals surface area contributed by atoms with E-state index in [-0.39, 0.29) is 0 Å². The maximum absolute atomic E-state index is 6.32. The number of nitrogen functional groups attached to an aromatic ring is 1. The van der Waals surface area contributed by atoms with Crippen molar-refractivity contribution in [2.75, 3.05) is 51.1 Å². The molecule has 3 rings (SSSR count). The second kappa shape index (κ2) is 8.68. The van der Waals surface area contributed by atoms with Gasteiger partial charge in [0.15, 0.2) is 5.84 Å². The molecule has 0 unspecified atom stereocenters. The normalized spacial score (nSPS) is 15.7. The van der Waals surface area contributed by atoms with Gasteiger partial charge in [-0.25, -0.2) is 4.99 Å². The Bertz CT molecular complexity index is 855. The molecule has 0 aromatic heterocycles. The fourth-order valence-electron chi connectivity index (χ4n) is 3.16. The maximum Gasteiger partial charge on any atom is 0.158 e. The Labute approximate surface area is 160 Å². The zero-order valence-corrected chi connectivity index (χ0v) is 16.1. The molecule has 0 aliphatic carbocycles. The van der Waals surface area contributed by atoms with Gasteiger partial charge in [-0.2, -0.15) is 0 Å². The fourth-order valence-corrected chi connectivity index (χ4v) is 3.16. The number of methoxy groups -OCH3 is 1. The Morgan fingerprint density at radius 2 is 1.89 bits per heavy atom. The number of ether oxygens (including phenoxy) is 2. The van der Waals surface area contributed by atoms with Crippen LogP contribution >= 0.6 is 0 Å². The van der Waals surface area contributed by atoms with Crippen molar-refractivity contribution in [3.63, 3.8) is 0 Å². The lowest BCUT2D eigenvalue weighted by molar-refractivity contribution is 0.123. The van der Waals surface area contributed by atoms with Crippen LogP contribution < -0.4 is 15.4 Å². The molecule has 142 valence electrons. The zero-order valence-electron chi connectivity index (χ0n) is 16.1. The number of morpholine rings is 1. The summed E-state index contributed by atoms with van der Waals surface area (Å²) in [5, 5.41) is 0. The minimum absolute atomic E-state index is 0.626. The van der Waals surface area contributed by atoms with Crippen LogP contribution in [0.1, 0.15) is 18.1 Å². The molecule has 2 N–H and O–H groups in total. The van der Waals surface area contributed by atoms with Crippen LogP contribution in [0.15, 0.2) is 52.4 Å². The lowest BCUT2D eigenvalue weighted by atomic mass is 10.1. The van der Waals surface area contributed by atoms with E-state index in [1.165, 1.54) is 0 Å². The number of aliphatic imine (C=N–C) groups is 2.